The van der Waals surface area contributed by atoms with Crippen LogP contribution in [0.1, 0.15) is 36.0 Å². The summed E-state index contributed by atoms with van der Waals surface area (Å²) < 4.78 is 6.25. The van der Waals surface area contributed by atoms with E-state index in [4.69, 9.17) is 10.5 Å². The fraction of sp³-hybridized carbons (Fsp3) is 0.364. The van der Waals surface area contributed by atoms with Gasteiger partial charge in [0.15, 0.2) is 0 Å². The maximum atomic E-state index is 13.7. The molecule has 0 radical (unpaired) electrons. The van der Waals surface area contributed by atoms with Gasteiger partial charge in [0, 0.05) is 19.5 Å². The Morgan fingerprint density at radius 3 is 2.18 bits per heavy atom. The lowest BCUT2D eigenvalue weighted by atomic mass is 10.0. The van der Waals surface area contributed by atoms with Crippen LogP contribution in [0.3, 0.4) is 0 Å². The molecule has 242 valence electrons. The number of phenols is 1. The van der Waals surface area contributed by atoms with Gasteiger partial charge in [0.05, 0.1) is 16.1 Å². The minimum Gasteiger partial charge on any atom is -0.506 e. The zero-order chi connectivity index (χ0) is 32.6. The maximum absolute atomic E-state index is 13.7. The molecule has 45 heavy (non-hydrogen) atoms. The molecule has 0 aliphatic rings. The first-order valence-corrected chi connectivity index (χ1v) is 16.5. The Balaban J connectivity index is 1.71. The first kappa shape index (κ1) is 35.9. The molecule has 0 saturated carbocycles. The number of hydrogen-bond acceptors (Lipinski definition) is 6. The molecule has 7 N–H and O–H groups in total. The van der Waals surface area contributed by atoms with Crippen LogP contribution in [-0.2, 0) is 28.9 Å². The standard InChI is InChI=1S/C33H41Br2N5O5/c1-45-29-13-6-5-11-24(29)15-18-38-33(44)40-28(21-23-19-25(34)30(41)26(35)20-23)32(43)39-27(12-7-8-16-36)31(42)37-17-14-22-9-3-2-4-10-22/h2-6,9-11,13,19-20,27-28,41H,7-8,12,14-18,21,36H2,1H3,(H,37,42)(H,39,43)(H2,38,40,44)/t27-,28+/m0/s1. The number of hydrogen-bond donors (Lipinski definition) is 6. The second-order valence-corrected chi connectivity index (χ2v) is 12.2. The molecule has 3 rings (SSSR count). The number of aromatic hydroxyl groups is 1. The Morgan fingerprint density at radius 1 is 0.822 bits per heavy atom. The van der Waals surface area contributed by atoms with Crippen molar-refractivity contribution in [2.24, 2.45) is 5.73 Å². The van der Waals surface area contributed by atoms with Crippen molar-refractivity contribution in [1.82, 2.24) is 21.3 Å². The van der Waals surface area contributed by atoms with E-state index in [-0.39, 0.29) is 18.1 Å². The van der Waals surface area contributed by atoms with Crippen LogP contribution in [0.2, 0.25) is 0 Å². The van der Waals surface area contributed by atoms with Crippen molar-refractivity contribution >= 4 is 49.7 Å². The van der Waals surface area contributed by atoms with Crippen molar-refractivity contribution in [3.63, 3.8) is 0 Å². The van der Waals surface area contributed by atoms with E-state index >= 15 is 0 Å². The quantitative estimate of drug-likeness (QED) is 0.113. The van der Waals surface area contributed by atoms with Crippen LogP contribution in [-0.4, -0.2) is 61.8 Å². The molecule has 0 aliphatic carbocycles. The zero-order valence-electron chi connectivity index (χ0n) is 25.3. The molecule has 2 atom stereocenters. The molecule has 0 aliphatic heterocycles. The topological polar surface area (TPSA) is 155 Å². The Bertz CT molecular complexity index is 1390. The number of phenolic OH excluding ortho intramolecular Hbond substituents is 1. The number of carbonyl (C=O) groups excluding carboxylic acids is 3. The van der Waals surface area contributed by atoms with Gasteiger partial charge >= 0.3 is 6.03 Å². The maximum Gasteiger partial charge on any atom is 0.315 e. The highest BCUT2D eigenvalue weighted by atomic mass is 79.9. The number of halogens is 2. The monoisotopic (exact) mass is 745 g/mol. The Labute approximate surface area is 281 Å². The summed E-state index contributed by atoms with van der Waals surface area (Å²) in [7, 11) is 1.59. The van der Waals surface area contributed by atoms with Crippen molar-refractivity contribution in [3.8, 4) is 11.5 Å². The van der Waals surface area contributed by atoms with Gasteiger partial charge in [0.1, 0.15) is 23.6 Å². The third-order valence-electron chi connectivity index (χ3n) is 7.15. The van der Waals surface area contributed by atoms with Gasteiger partial charge in [-0.3, -0.25) is 9.59 Å². The van der Waals surface area contributed by atoms with Gasteiger partial charge < -0.3 is 36.8 Å². The highest BCUT2D eigenvalue weighted by Crippen LogP contribution is 2.33. The van der Waals surface area contributed by atoms with Crippen molar-refractivity contribution < 1.29 is 24.2 Å². The molecule has 0 aromatic heterocycles. The van der Waals surface area contributed by atoms with E-state index in [1.165, 1.54) is 0 Å². The van der Waals surface area contributed by atoms with Crippen molar-refractivity contribution in [2.75, 3.05) is 26.7 Å². The molecule has 0 spiro atoms. The number of benzene rings is 3. The summed E-state index contributed by atoms with van der Waals surface area (Å²) in [6.45, 7) is 1.19. The average molecular weight is 748 g/mol. The molecule has 0 unspecified atom stereocenters. The first-order valence-electron chi connectivity index (χ1n) is 14.9. The summed E-state index contributed by atoms with van der Waals surface area (Å²) >= 11 is 6.65. The van der Waals surface area contributed by atoms with Crippen molar-refractivity contribution in [2.45, 2.75) is 50.6 Å². The zero-order valence-corrected chi connectivity index (χ0v) is 28.5. The summed E-state index contributed by atoms with van der Waals surface area (Å²) in [6.07, 6.45) is 3.03. The largest absolute Gasteiger partial charge is 0.506 e. The highest BCUT2D eigenvalue weighted by Gasteiger charge is 2.27. The lowest BCUT2D eigenvalue weighted by molar-refractivity contribution is -0.130. The molecule has 0 heterocycles. The summed E-state index contributed by atoms with van der Waals surface area (Å²) in [5.74, 6) is -0.0605. The van der Waals surface area contributed by atoms with Crippen molar-refractivity contribution in [1.29, 1.82) is 0 Å². The second kappa shape index (κ2) is 19.0. The molecular formula is C33H41Br2N5O5. The van der Waals surface area contributed by atoms with E-state index in [0.29, 0.717) is 66.2 Å². The number of methoxy groups -OCH3 is 1. The normalized spacial score (nSPS) is 12.1. The number of unbranched alkanes of at least 4 members (excludes halogenated alkanes) is 1. The summed E-state index contributed by atoms with van der Waals surface area (Å²) in [5.41, 5.74) is 8.38. The Kier molecular flexibility index (Phi) is 15.2. The van der Waals surface area contributed by atoms with E-state index in [1.54, 1.807) is 19.2 Å². The number of para-hydroxylation sites is 1. The van der Waals surface area contributed by atoms with Gasteiger partial charge in [-0.2, -0.15) is 0 Å². The van der Waals surface area contributed by atoms with Crippen LogP contribution in [0.15, 0.2) is 75.7 Å². The number of nitrogens with one attached hydrogen (secondary N) is 4. The minimum absolute atomic E-state index is 0.0222. The Hall–Kier alpha value is -3.61. The molecule has 0 bridgehead atoms. The lowest BCUT2D eigenvalue weighted by Gasteiger charge is -2.24. The van der Waals surface area contributed by atoms with Gasteiger partial charge in [0.25, 0.3) is 0 Å². The van der Waals surface area contributed by atoms with E-state index in [0.717, 1.165) is 16.9 Å². The predicted octanol–water partition coefficient (Wildman–Crippen LogP) is 4.35. The third kappa shape index (κ3) is 12.0. The fourth-order valence-electron chi connectivity index (χ4n) is 4.74. The minimum atomic E-state index is -1.02. The molecule has 3 aromatic carbocycles. The molecule has 0 fully saturated rings. The van der Waals surface area contributed by atoms with Crippen LogP contribution in [0.5, 0.6) is 11.5 Å². The summed E-state index contributed by atoms with van der Waals surface area (Å²) in [5, 5.41) is 21.5. The van der Waals surface area contributed by atoms with Crippen LogP contribution >= 0.6 is 31.9 Å². The number of nitrogens with two attached hydrogens (primary N) is 1. The van der Waals surface area contributed by atoms with Crippen LogP contribution in [0.25, 0.3) is 0 Å². The number of ether oxygens (including phenoxy) is 1. The molecule has 3 aromatic rings. The van der Waals surface area contributed by atoms with E-state index in [2.05, 4.69) is 53.1 Å². The molecule has 0 saturated heterocycles. The molecule has 4 amide bonds. The van der Waals surface area contributed by atoms with E-state index in [1.807, 2.05) is 54.6 Å². The van der Waals surface area contributed by atoms with Crippen LogP contribution in [0.4, 0.5) is 4.79 Å². The lowest BCUT2D eigenvalue weighted by Crippen LogP contribution is -2.56. The molecule has 12 heteroatoms. The number of rotatable bonds is 17. The third-order valence-corrected chi connectivity index (χ3v) is 8.36. The molecular weight excluding hydrogens is 706 g/mol. The van der Waals surface area contributed by atoms with E-state index < -0.39 is 24.0 Å². The number of urea groups is 1. The Morgan fingerprint density at radius 2 is 1.49 bits per heavy atom. The average Bonchev–Trinajstić information content (AvgIpc) is 3.03. The van der Waals surface area contributed by atoms with Gasteiger partial charge in [-0.05, 0) is 105 Å². The van der Waals surface area contributed by atoms with Gasteiger partial charge in [-0.15, -0.1) is 0 Å². The first-order chi connectivity index (χ1) is 21.7. The summed E-state index contributed by atoms with van der Waals surface area (Å²) in [6, 6.07) is 18.3. The fourth-order valence-corrected chi connectivity index (χ4v) is 6.02. The highest BCUT2D eigenvalue weighted by molar-refractivity contribution is 9.11. The van der Waals surface area contributed by atoms with Gasteiger partial charge in [0.2, 0.25) is 11.8 Å². The van der Waals surface area contributed by atoms with E-state index in [9.17, 15) is 19.5 Å². The SMILES string of the molecule is COc1ccccc1CCNC(=O)N[C@H](Cc1cc(Br)c(O)c(Br)c1)C(=O)N[C@@H](CCCCN)C(=O)NCCc1ccccc1. The van der Waals surface area contributed by atoms with Crippen LogP contribution < -0.4 is 31.7 Å². The number of amides is 4. The summed E-state index contributed by atoms with van der Waals surface area (Å²) in [4.78, 5) is 39.9. The van der Waals surface area contributed by atoms with Crippen molar-refractivity contribution in [3.05, 3.63) is 92.4 Å². The molecule has 10 nitrogen and oxygen atoms in total. The van der Waals surface area contributed by atoms with Crippen LogP contribution in [0, 0.1) is 0 Å². The predicted molar refractivity (Wildman–Crippen MR) is 182 cm³/mol. The van der Waals surface area contributed by atoms with Gasteiger partial charge in [-0.1, -0.05) is 48.5 Å². The van der Waals surface area contributed by atoms with Gasteiger partial charge in [-0.25, -0.2) is 4.79 Å². The smallest absolute Gasteiger partial charge is 0.315 e. The second-order valence-electron chi connectivity index (χ2n) is 10.5. The number of carbonyl (C=O) groups is 3.